The van der Waals surface area contributed by atoms with Crippen LogP contribution in [-0.4, -0.2) is 21.0 Å². The number of hydrogen-bond donors (Lipinski definition) is 2. The quantitative estimate of drug-likeness (QED) is 0.886. The summed E-state index contributed by atoms with van der Waals surface area (Å²) in [6.07, 6.45) is 0. The first-order valence-electron chi connectivity index (χ1n) is 5.42. The first-order valence-corrected chi connectivity index (χ1v) is 6.30. The lowest BCUT2D eigenvalue weighted by molar-refractivity contribution is 0.0697. The van der Waals surface area contributed by atoms with Gasteiger partial charge in [-0.1, -0.05) is 0 Å². The van der Waals surface area contributed by atoms with Crippen molar-refractivity contribution in [2.45, 2.75) is 20.4 Å². The van der Waals surface area contributed by atoms with Crippen LogP contribution >= 0.6 is 11.3 Å². The van der Waals surface area contributed by atoms with Crippen LogP contribution in [0.2, 0.25) is 0 Å². The van der Waals surface area contributed by atoms with E-state index in [4.69, 9.17) is 5.11 Å². The van der Waals surface area contributed by atoms with E-state index in [0.29, 0.717) is 12.4 Å². The van der Waals surface area contributed by atoms with Crippen LogP contribution in [0.4, 0.5) is 5.82 Å². The summed E-state index contributed by atoms with van der Waals surface area (Å²) in [6.45, 7) is 4.23. The molecular formula is C12H13N3O2S. The van der Waals surface area contributed by atoms with E-state index in [1.807, 2.05) is 19.2 Å². The predicted molar refractivity (Wildman–Crippen MR) is 70.1 cm³/mol. The maximum Gasteiger partial charge on any atom is 0.339 e. The molecule has 0 atom stereocenters. The Hall–Kier alpha value is -1.95. The predicted octanol–water partition coefficient (Wildman–Crippen LogP) is 2.47. The molecule has 0 amide bonds. The minimum atomic E-state index is -0.986. The van der Waals surface area contributed by atoms with Gasteiger partial charge in [0.2, 0.25) is 0 Å². The van der Waals surface area contributed by atoms with Crippen molar-refractivity contribution in [2.75, 3.05) is 5.32 Å². The van der Waals surface area contributed by atoms with E-state index < -0.39 is 5.97 Å². The third-order valence-electron chi connectivity index (χ3n) is 2.34. The van der Waals surface area contributed by atoms with Crippen molar-refractivity contribution in [1.82, 2.24) is 9.97 Å². The molecule has 5 nitrogen and oxygen atoms in total. The summed E-state index contributed by atoms with van der Waals surface area (Å²) in [5, 5.41) is 15.0. The second-order valence-corrected chi connectivity index (χ2v) is 4.83. The molecular weight excluding hydrogens is 250 g/mol. The number of thiazole rings is 1. The van der Waals surface area contributed by atoms with Gasteiger partial charge in [0, 0.05) is 16.8 Å². The average molecular weight is 263 g/mol. The van der Waals surface area contributed by atoms with Gasteiger partial charge in [-0.15, -0.1) is 11.3 Å². The normalized spacial score (nSPS) is 10.3. The molecule has 2 rings (SSSR count). The number of hydrogen-bond acceptors (Lipinski definition) is 5. The molecule has 0 bridgehead atoms. The molecule has 0 aliphatic heterocycles. The Kier molecular flexibility index (Phi) is 3.57. The maximum absolute atomic E-state index is 11.1. The van der Waals surface area contributed by atoms with Crippen LogP contribution in [0.3, 0.4) is 0 Å². The van der Waals surface area contributed by atoms with Crippen molar-refractivity contribution in [2.24, 2.45) is 0 Å². The van der Waals surface area contributed by atoms with Gasteiger partial charge in [-0.05, 0) is 26.0 Å². The first kappa shape index (κ1) is 12.5. The Morgan fingerprint density at radius 1 is 1.33 bits per heavy atom. The van der Waals surface area contributed by atoms with Gasteiger partial charge in [-0.25, -0.2) is 14.8 Å². The van der Waals surface area contributed by atoms with E-state index in [1.54, 1.807) is 12.1 Å². The van der Waals surface area contributed by atoms with Crippen LogP contribution in [0.15, 0.2) is 17.5 Å². The fourth-order valence-electron chi connectivity index (χ4n) is 1.51. The number of aromatic carboxylic acids is 1. The molecule has 2 aromatic heterocycles. The number of nitrogens with zero attached hydrogens (tertiary/aromatic N) is 2. The summed E-state index contributed by atoms with van der Waals surface area (Å²) in [4.78, 5) is 19.6. The van der Waals surface area contributed by atoms with Crippen LogP contribution < -0.4 is 5.32 Å². The number of aryl methyl sites for hydroxylation is 2. The molecule has 94 valence electrons. The van der Waals surface area contributed by atoms with Crippen molar-refractivity contribution in [3.05, 3.63) is 39.5 Å². The largest absolute Gasteiger partial charge is 0.478 e. The number of nitrogens with one attached hydrogen (secondary N) is 1. The minimum Gasteiger partial charge on any atom is -0.478 e. The molecule has 18 heavy (non-hydrogen) atoms. The lowest BCUT2D eigenvalue weighted by Gasteiger charge is -2.07. The van der Waals surface area contributed by atoms with Gasteiger partial charge in [0.05, 0.1) is 6.54 Å². The highest BCUT2D eigenvalue weighted by molar-refractivity contribution is 7.09. The molecule has 0 spiro atoms. The second-order valence-electron chi connectivity index (χ2n) is 3.89. The summed E-state index contributed by atoms with van der Waals surface area (Å²) < 4.78 is 0. The number of rotatable bonds is 4. The molecule has 6 heteroatoms. The number of anilines is 1. The third-order valence-corrected chi connectivity index (χ3v) is 3.31. The van der Waals surface area contributed by atoms with Gasteiger partial charge in [0.25, 0.3) is 0 Å². The molecule has 0 radical (unpaired) electrons. The molecule has 0 aliphatic rings. The molecule has 0 saturated heterocycles. The third kappa shape index (κ3) is 2.84. The Morgan fingerprint density at radius 2 is 2.11 bits per heavy atom. The van der Waals surface area contributed by atoms with Crippen molar-refractivity contribution in [3.8, 4) is 0 Å². The summed E-state index contributed by atoms with van der Waals surface area (Å²) in [6, 6.07) is 3.24. The molecule has 2 heterocycles. The monoisotopic (exact) mass is 263 g/mol. The smallest absolute Gasteiger partial charge is 0.339 e. The van der Waals surface area contributed by atoms with E-state index in [2.05, 4.69) is 15.3 Å². The van der Waals surface area contributed by atoms with E-state index in [1.165, 1.54) is 11.3 Å². The molecule has 2 aromatic rings. The fraction of sp³-hybridized carbons (Fsp3) is 0.250. The van der Waals surface area contributed by atoms with Gasteiger partial charge in [-0.2, -0.15) is 0 Å². The molecule has 0 fully saturated rings. The summed E-state index contributed by atoms with van der Waals surface area (Å²) in [5.41, 5.74) is 1.92. The lowest BCUT2D eigenvalue weighted by atomic mass is 10.2. The standard InChI is InChI=1S/C12H13N3O2S/c1-7-3-4-9(12(16)17)11(15-7)13-5-10-14-8(2)6-18-10/h3-4,6H,5H2,1-2H3,(H,13,15)(H,16,17). The lowest BCUT2D eigenvalue weighted by Crippen LogP contribution is -2.09. The van der Waals surface area contributed by atoms with Crippen molar-refractivity contribution in [1.29, 1.82) is 0 Å². The molecule has 0 aliphatic carbocycles. The Morgan fingerprint density at radius 3 is 2.72 bits per heavy atom. The molecule has 0 saturated carbocycles. The van der Waals surface area contributed by atoms with Gasteiger partial charge in [-0.3, -0.25) is 0 Å². The Labute approximate surface area is 109 Å². The van der Waals surface area contributed by atoms with Gasteiger partial charge >= 0.3 is 5.97 Å². The van der Waals surface area contributed by atoms with Crippen molar-refractivity contribution < 1.29 is 9.90 Å². The van der Waals surface area contributed by atoms with Crippen molar-refractivity contribution in [3.63, 3.8) is 0 Å². The van der Waals surface area contributed by atoms with Crippen LogP contribution in [0, 0.1) is 13.8 Å². The fourth-order valence-corrected chi connectivity index (χ4v) is 2.22. The number of carbonyl (C=O) groups is 1. The Balaban J connectivity index is 2.17. The van der Waals surface area contributed by atoms with Gasteiger partial charge < -0.3 is 10.4 Å². The van der Waals surface area contributed by atoms with E-state index in [9.17, 15) is 4.79 Å². The average Bonchev–Trinajstić information content (AvgIpc) is 2.72. The Bertz CT molecular complexity index is 580. The second kappa shape index (κ2) is 5.14. The first-order chi connectivity index (χ1) is 8.56. The highest BCUT2D eigenvalue weighted by Gasteiger charge is 2.11. The summed E-state index contributed by atoms with van der Waals surface area (Å²) >= 11 is 1.54. The number of pyridine rings is 1. The highest BCUT2D eigenvalue weighted by atomic mass is 32.1. The zero-order valence-corrected chi connectivity index (χ0v) is 10.9. The summed E-state index contributed by atoms with van der Waals surface area (Å²) in [7, 11) is 0. The summed E-state index contributed by atoms with van der Waals surface area (Å²) in [5.74, 6) is -0.601. The van der Waals surface area contributed by atoms with E-state index >= 15 is 0 Å². The van der Waals surface area contributed by atoms with Crippen LogP contribution in [-0.2, 0) is 6.54 Å². The van der Waals surface area contributed by atoms with Crippen LogP contribution in [0.1, 0.15) is 26.8 Å². The SMILES string of the molecule is Cc1csc(CNc2nc(C)ccc2C(=O)O)n1. The topological polar surface area (TPSA) is 75.1 Å². The zero-order chi connectivity index (χ0) is 13.1. The maximum atomic E-state index is 11.1. The number of aromatic nitrogens is 2. The van der Waals surface area contributed by atoms with E-state index in [0.717, 1.165) is 16.4 Å². The molecule has 0 unspecified atom stereocenters. The zero-order valence-electron chi connectivity index (χ0n) is 10.1. The van der Waals surface area contributed by atoms with Gasteiger partial charge in [0.1, 0.15) is 16.4 Å². The highest BCUT2D eigenvalue weighted by Crippen LogP contribution is 2.16. The van der Waals surface area contributed by atoms with Gasteiger partial charge in [0.15, 0.2) is 0 Å². The minimum absolute atomic E-state index is 0.175. The van der Waals surface area contributed by atoms with Crippen molar-refractivity contribution >= 4 is 23.1 Å². The van der Waals surface area contributed by atoms with Crippen LogP contribution in [0.5, 0.6) is 0 Å². The molecule has 2 N–H and O–H groups in total. The number of carboxylic acids is 1. The number of carboxylic acid groups (broad SMARTS) is 1. The van der Waals surface area contributed by atoms with E-state index in [-0.39, 0.29) is 5.56 Å². The molecule has 0 aromatic carbocycles. The van der Waals surface area contributed by atoms with Crippen LogP contribution in [0.25, 0.3) is 0 Å².